The van der Waals surface area contributed by atoms with Gasteiger partial charge in [-0.3, -0.25) is 14.2 Å². The Labute approximate surface area is 199 Å². The van der Waals surface area contributed by atoms with Crippen molar-refractivity contribution in [1.29, 1.82) is 0 Å². The second kappa shape index (κ2) is 8.68. The van der Waals surface area contributed by atoms with Gasteiger partial charge in [-0.2, -0.15) is 0 Å². The number of furan rings is 1. The van der Waals surface area contributed by atoms with E-state index in [9.17, 15) is 9.59 Å². The minimum atomic E-state index is -0.471. The van der Waals surface area contributed by atoms with Crippen LogP contribution in [-0.2, 0) is 13.6 Å². The van der Waals surface area contributed by atoms with Crippen LogP contribution >= 0.6 is 0 Å². The van der Waals surface area contributed by atoms with E-state index in [1.165, 1.54) is 32.2 Å². The molecular formula is C26H23N3O6. The third-order valence-corrected chi connectivity index (χ3v) is 6.02. The molecule has 2 aromatic carbocycles. The lowest BCUT2D eigenvalue weighted by atomic mass is 10.1. The van der Waals surface area contributed by atoms with E-state index in [0.717, 1.165) is 0 Å². The molecule has 3 aromatic heterocycles. The molecule has 5 aromatic rings. The van der Waals surface area contributed by atoms with Gasteiger partial charge in [0.15, 0.2) is 17.1 Å². The number of hydrogen-bond donors (Lipinski definition) is 0. The lowest BCUT2D eigenvalue weighted by Gasteiger charge is -2.18. The molecule has 178 valence electrons. The molecule has 0 amide bonds. The van der Waals surface area contributed by atoms with Crippen molar-refractivity contribution in [2.75, 3.05) is 21.3 Å². The number of para-hydroxylation sites is 1. The second-order valence-corrected chi connectivity index (χ2v) is 7.92. The predicted octanol–water partition coefficient (Wildman–Crippen LogP) is 3.58. The molecule has 0 radical (unpaired) electrons. The van der Waals surface area contributed by atoms with E-state index in [2.05, 4.69) is 0 Å². The van der Waals surface area contributed by atoms with Crippen molar-refractivity contribution < 1.29 is 18.6 Å². The number of benzene rings is 2. The summed E-state index contributed by atoms with van der Waals surface area (Å²) in [5.74, 6) is 2.10. The zero-order valence-electron chi connectivity index (χ0n) is 19.7. The topological polar surface area (TPSA) is 97.7 Å². The Morgan fingerprint density at radius 1 is 0.943 bits per heavy atom. The normalized spacial score (nSPS) is 11.2. The van der Waals surface area contributed by atoms with Gasteiger partial charge in [0.05, 0.1) is 39.7 Å². The summed E-state index contributed by atoms with van der Waals surface area (Å²) in [5, 5.41) is 0.459. The zero-order valence-corrected chi connectivity index (χ0v) is 19.7. The molecular weight excluding hydrogens is 450 g/mol. The first-order valence-electron chi connectivity index (χ1n) is 10.8. The molecule has 0 aliphatic carbocycles. The lowest BCUT2D eigenvalue weighted by Crippen LogP contribution is -2.29. The number of methoxy groups -OCH3 is 3. The van der Waals surface area contributed by atoms with Gasteiger partial charge in [-0.15, -0.1) is 0 Å². The Balaban J connectivity index is 1.92. The number of nitrogens with zero attached hydrogens (tertiary/aromatic N) is 3. The quantitative estimate of drug-likeness (QED) is 0.348. The lowest BCUT2D eigenvalue weighted by molar-refractivity contribution is 0.324. The van der Waals surface area contributed by atoms with Gasteiger partial charge >= 0.3 is 0 Å². The summed E-state index contributed by atoms with van der Waals surface area (Å²) in [6, 6.07) is 14.1. The molecule has 0 aliphatic rings. The van der Waals surface area contributed by atoms with Gasteiger partial charge in [0, 0.05) is 18.0 Å². The van der Waals surface area contributed by atoms with Crippen LogP contribution < -0.4 is 25.2 Å². The maximum absolute atomic E-state index is 13.9. The molecule has 35 heavy (non-hydrogen) atoms. The second-order valence-electron chi connectivity index (χ2n) is 7.92. The van der Waals surface area contributed by atoms with Crippen LogP contribution in [0.5, 0.6) is 17.2 Å². The third-order valence-electron chi connectivity index (χ3n) is 6.02. The average Bonchev–Trinajstić information content (AvgIpc) is 3.40. The van der Waals surface area contributed by atoms with Gasteiger partial charge in [0.1, 0.15) is 17.0 Å². The Morgan fingerprint density at radius 3 is 2.29 bits per heavy atom. The zero-order chi connectivity index (χ0) is 24.7. The molecule has 0 saturated heterocycles. The van der Waals surface area contributed by atoms with Crippen LogP contribution in [0.2, 0.25) is 0 Å². The number of ether oxygens (including phenoxy) is 3. The molecule has 5 rings (SSSR count). The number of aromatic nitrogens is 3. The molecule has 0 bridgehead atoms. The molecule has 0 atom stereocenters. The van der Waals surface area contributed by atoms with Crippen molar-refractivity contribution in [3.63, 3.8) is 0 Å². The van der Waals surface area contributed by atoms with Gasteiger partial charge in [-0.1, -0.05) is 12.1 Å². The summed E-state index contributed by atoms with van der Waals surface area (Å²) in [4.78, 5) is 32.1. The van der Waals surface area contributed by atoms with E-state index < -0.39 is 5.56 Å². The first-order valence-corrected chi connectivity index (χ1v) is 10.8. The molecule has 9 heteroatoms. The van der Waals surface area contributed by atoms with Crippen LogP contribution in [0, 0.1) is 0 Å². The highest BCUT2D eigenvalue weighted by molar-refractivity contribution is 5.92. The molecule has 9 nitrogen and oxygen atoms in total. The van der Waals surface area contributed by atoms with E-state index in [1.54, 1.807) is 48.0 Å². The summed E-state index contributed by atoms with van der Waals surface area (Å²) >= 11 is 0. The Bertz CT molecular complexity index is 1660. The maximum Gasteiger partial charge on any atom is 0.267 e. The van der Waals surface area contributed by atoms with Crippen molar-refractivity contribution in [2.45, 2.75) is 6.54 Å². The predicted molar refractivity (Wildman–Crippen MR) is 132 cm³/mol. The van der Waals surface area contributed by atoms with Gasteiger partial charge in [0.2, 0.25) is 11.2 Å². The largest absolute Gasteiger partial charge is 0.493 e. The smallest absolute Gasteiger partial charge is 0.267 e. The Hall–Kier alpha value is -4.53. The van der Waals surface area contributed by atoms with Gasteiger partial charge < -0.3 is 23.2 Å². The van der Waals surface area contributed by atoms with Crippen LogP contribution in [0.3, 0.4) is 0 Å². The third kappa shape index (κ3) is 3.52. The van der Waals surface area contributed by atoms with Crippen LogP contribution in [-0.4, -0.2) is 35.4 Å². The van der Waals surface area contributed by atoms with Crippen LogP contribution in [0.25, 0.3) is 33.3 Å². The molecule has 0 spiro atoms. The van der Waals surface area contributed by atoms with Crippen molar-refractivity contribution in [1.82, 2.24) is 14.1 Å². The Kier molecular flexibility index (Phi) is 5.52. The van der Waals surface area contributed by atoms with E-state index >= 15 is 0 Å². The molecule has 0 unspecified atom stereocenters. The van der Waals surface area contributed by atoms with Crippen molar-refractivity contribution in [3.8, 4) is 28.6 Å². The molecule has 0 aliphatic heterocycles. The fourth-order valence-electron chi connectivity index (χ4n) is 4.33. The summed E-state index contributed by atoms with van der Waals surface area (Å²) < 4.78 is 25.2. The van der Waals surface area contributed by atoms with Crippen LogP contribution in [0.1, 0.15) is 5.76 Å². The van der Waals surface area contributed by atoms with Crippen LogP contribution in [0.4, 0.5) is 0 Å². The van der Waals surface area contributed by atoms with Crippen molar-refractivity contribution >= 4 is 21.9 Å². The first kappa shape index (κ1) is 22.3. The van der Waals surface area contributed by atoms with Gasteiger partial charge in [-0.25, -0.2) is 4.98 Å². The molecule has 0 saturated carbocycles. The first-order chi connectivity index (χ1) is 17.0. The van der Waals surface area contributed by atoms with E-state index in [1.807, 2.05) is 12.1 Å². The van der Waals surface area contributed by atoms with E-state index in [0.29, 0.717) is 45.3 Å². The SMILES string of the molecule is COc1cc(-c2nc3c(c(=O)c4ccccc4n3C)c(=O)n2Cc2ccco2)cc(OC)c1OC. The molecule has 0 N–H and O–H groups in total. The highest BCUT2D eigenvalue weighted by Gasteiger charge is 2.22. The van der Waals surface area contributed by atoms with Gasteiger partial charge in [0.25, 0.3) is 5.56 Å². The highest BCUT2D eigenvalue weighted by Crippen LogP contribution is 2.41. The fraction of sp³-hybridized carbons (Fsp3) is 0.192. The summed E-state index contributed by atoms with van der Waals surface area (Å²) in [7, 11) is 6.33. The standard InChI is InChI=1S/C26H23N3O6/c1-28-18-10-6-5-9-17(18)22(30)21-25(28)27-24(29(26(21)31)14-16-8-7-11-35-16)15-12-19(32-2)23(34-4)20(13-15)33-3/h5-13H,14H2,1-4H3. The monoisotopic (exact) mass is 473 g/mol. The van der Waals surface area contributed by atoms with E-state index in [4.69, 9.17) is 23.6 Å². The number of fused-ring (bicyclic) bond motifs is 2. The van der Waals surface area contributed by atoms with Crippen LogP contribution in [0.15, 0.2) is 68.8 Å². The van der Waals surface area contributed by atoms with E-state index in [-0.39, 0.29) is 23.0 Å². The minimum Gasteiger partial charge on any atom is -0.493 e. The maximum atomic E-state index is 13.9. The molecule has 0 fully saturated rings. The van der Waals surface area contributed by atoms with Crippen molar-refractivity contribution in [3.05, 3.63) is 81.1 Å². The number of rotatable bonds is 6. The summed E-state index contributed by atoms with van der Waals surface area (Å²) in [6.45, 7) is 0.0801. The minimum absolute atomic E-state index is 0.00828. The molecule has 3 heterocycles. The number of hydrogen-bond acceptors (Lipinski definition) is 7. The van der Waals surface area contributed by atoms with Gasteiger partial charge in [-0.05, 0) is 36.4 Å². The number of pyridine rings is 1. The highest BCUT2D eigenvalue weighted by atomic mass is 16.5. The summed E-state index contributed by atoms with van der Waals surface area (Å²) in [5.41, 5.74) is 0.665. The fourth-order valence-corrected chi connectivity index (χ4v) is 4.33. The average molecular weight is 473 g/mol. The summed E-state index contributed by atoms with van der Waals surface area (Å²) in [6.07, 6.45) is 1.53. The number of aryl methyl sites for hydroxylation is 1. The van der Waals surface area contributed by atoms with Crippen molar-refractivity contribution in [2.24, 2.45) is 7.05 Å². The Morgan fingerprint density at radius 2 is 1.66 bits per heavy atom.